The first-order chi connectivity index (χ1) is 7.72. The first-order valence-corrected chi connectivity index (χ1v) is 6.00. The quantitative estimate of drug-likeness (QED) is 0.822. The second kappa shape index (κ2) is 4.79. The number of ketones is 1. The van der Waals surface area contributed by atoms with Crippen LogP contribution < -0.4 is 5.73 Å². The lowest BCUT2D eigenvalue weighted by molar-refractivity contribution is -0.121. The van der Waals surface area contributed by atoms with E-state index >= 15 is 0 Å². The van der Waals surface area contributed by atoms with Gasteiger partial charge >= 0.3 is 0 Å². The van der Waals surface area contributed by atoms with Crippen LogP contribution >= 0.6 is 0 Å². The first kappa shape index (κ1) is 11.3. The number of benzene rings is 1. The van der Waals surface area contributed by atoms with Gasteiger partial charge in [-0.1, -0.05) is 37.3 Å². The number of hydrogen-bond acceptors (Lipinski definition) is 2. The van der Waals surface area contributed by atoms with Crippen molar-refractivity contribution in [1.29, 1.82) is 0 Å². The van der Waals surface area contributed by atoms with Crippen LogP contribution in [0.4, 0.5) is 0 Å². The van der Waals surface area contributed by atoms with Gasteiger partial charge in [0.1, 0.15) is 5.78 Å². The van der Waals surface area contributed by atoms with Gasteiger partial charge < -0.3 is 5.73 Å². The van der Waals surface area contributed by atoms with Crippen molar-refractivity contribution in [2.45, 2.75) is 25.7 Å². The van der Waals surface area contributed by atoms with Crippen LogP contribution in [0.25, 0.3) is 0 Å². The highest BCUT2D eigenvalue weighted by atomic mass is 16.1. The second-order valence-electron chi connectivity index (χ2n) is 4.87. The Hall–Kier alpha value is -1.15. The molecule has 86 valence electrons. The van der Waals surface area contributed by atoms with E-state index in [-0.39, 0.29) is 5.92 Å². The molecule has 16 heavy (non-hydrogen) atoms. The van der Waals surface area contributed by atoms with Crippen molar-refractivity contribution < 1.29 is 4.79 Å². The highest BCUT2D eigenvalue weighted by Crippen LogP contribution is 2.48. The second-order valence-corrected chi connectivity index (χ2v) is 4.87. The van der Waals surface area contributed by atoms with Gasteiger partial charge in [0, 0.05) is 12.3 Å². The van der Waals surface area contributed by atoms with Crippen molar-refractivity contribution in [1.82, 2.24) is 0 Å². The normalized spacial score (nSPS) is 25.1. The standard InChI is InChI=1S/C14H19NO/c1-10(9-15)7-14(16)13-8-12(13)11-5-3-2-4-6-11/h2-6,10,12-13H,7-9,15H2,1H3. The molecule has 2 nitrogen and oxygen atoms in total. The first-order valence-electron chi connectivity index (χ1n) is 6.00. The number of nitrogens with two attached hydrogens (primary N) is 1. The molecule has 1 aliphatic carbocycles. The van der Waals surface area contributed by atoms with Crippen LogP contribution in [-0.2, 0) is 4.79 Å². The van der Waals surface area contributed by atoms with E-state index in [0.717, 1.165) is 6.42 Å². The third-order valence-corrected chi connectivity index (χ3v) is 3.38. The van der Waals surface area contributed by atoms with Crippen molar-refractivity contribution >= 4 is 5.78 Å². The summed E-state index contributed by atoms with van der Waals surface area (Å²) in [6, 6.07) is 10.3. The maximum Gasteiger partial charge on any atom is 0.136 e. The molecule has 3 atom stereocenters. The Bertz CT molecular complexity index is 360. The molecule has 0 aliphatic heterocycles. The van der Waals surface area contributed by atoms with Crippen LogP contribution in [-0.4, -0.2) is 12.3 Å². The van der Waals surface area contributed by atoms with Gasteiger partial charge in [-0.05, 0) is 30.4 Å². The van der Waals surface area contributed by atoms with Crippen LogP contribution in [0, 0.1) is 11.8 Å². The molecule has 0 spiro atoms. The molecule has 0 amide bonds. The molecular formula is C14H19NO. The van der Waals surface area contributed by atoms with Crippen LogP contribution in [0.5, 0.6) is 0 Å². The third-order valence-electron chi connectivity index (χ3n) is 3.38. The van der Waals surface area contributed by atoms with E-state index in [1.165, 1.54) is 5.56 Å². The van der Waals surface area contributed by atoms with Gasteiger partial charge in [-0.25, -0.2) is 0 Å². The molecule has 1 saturated carbocycles. The summed E-state index contributed by atoms with van der Waals surface area (Å²) in [6.07, 6.45) is 1.67. The Morgan fingerprint density at radius 3 is 2.75 bits per heavy atom. The molecule has 2 heteroatoms. The summed E-state index contributed by atoms with van der Waals surface area (Å²) >= 11 is 0. The van der Waals surface area contributed by atoms with Gasteiger partial charge in [-0.15, -0.1) is 0 Å². The predicted molar refractivity (Wildman–Crippen MR) is 65.1 cm³/mol. The fourth-order valence-corrected chi connectivity index (χ4v) is 2.20. The highest BCUT2D eigenvalue weighted by molar-refractivity contribution is 5.85. The summed E-state index contributed by atoms with van der Waals surface area (Å²) in [4.78, 5) is 11.9. The van der Waals surface area contributed by atoms with E-state index in [0.29, 0.717) is 30.6 Å². The molecule has 0 aromatic heterocycles. The summed E-state index contributed by atoms with van der Waals surface area (Å²) in [5.74, 6) is 1.45. The summed E-state index contributed by atoms with van der Waals surface area (Å²) in [7, 11) is 0. The number of carbonyl (C=O) groups is 1. The van der Waals surface area contributed by atoms with Crippen molar-refractivity contribution in [2.75, 3.05) is 6.54 Å². The average molecular weight is 217 g/mol. The lowest BCUT2D eigenvalue weighted by Crippen LogP contribution is -2.16. The fraction of sp³-hybridized carbons (Fsp3) is 0.500. The van der Waals surface area contributed by atoms with E-state index < -0.39 is 0 Å². The number of rotatable bonds is 5. The van der Waals surface area contributed by atoms with Gasteiger partial charge in [-0.3, -0.25) is 4.79 Å². The molecule has 0 radical (unpaired) electrons. The minimum absolute atomic E-state index is 0.261. The molecule has 0 saturated heterocycles. The highest BCUT2D eigenvalue weighted by Gasteiger charge is 2.43. The van der Waals surface area contributed by atoms with Gasteiger partial charge in [-0.2, -0.15) is 0 Å². The Morgan fingerprint density at radius 1 is 1.44 bits per heavy atom. The monoisotopic (exact) mass is 217 g/mol. The van der Waals surface area contributed by atoms with Crippen molar-refractivity contribution in [3.8, 4) is 0 Å². The topological polar surface area (TPSA) is 43.1 Å². The minimum Gasteiger partial charge on any atom is -0.330 e. The van der Waals surface area contributed by atoms with E-state index in [4.69, 9.17) is 5.73 Å². The van der Waals surface area contributed by atoms with E-state index in [9.17, 15) is 4.79 Å². The zero-order chi connectivity index (χ0) is 11.5. The number of Topliss-reactive ketones (excluding diaryl/α,β-unsaturated/α-hetero) is 1. The summed E-state index contributed by atoms with van der Waals surface area (Å²) in [6.45, 7) is 2.65. The molecule has 1 fully saturated rings. The molecule has 1 aliphatic rings. The van der Waals surface area contributed by atoms with E-state index in [1.54, 1.807) is 0 Å². The maximum atomic E-state index is 11.9. The van der Waals surface area contributed by atoms with Gasteiger partial charge in [0.15, 0.2) is 0 Å². The smallest absolute Gasteiger partial charge is 0.136 e. The van der Waals surface area contributed by atoms with Crippen molar-refractivity contribution in [2.24, 2.45) is 17.6 Å². The molecule has 1 aromatic rings. The molecular weight excluding hydrogens is 198 g/mol. The van der Waals surface area contributed by atoms with Crippen LogP contribution in [0.1, 0.15) is 31.2 Å². The largest absolute Gasteiger partial charge is 0.330 e. The van der Waals surface area contributed by atoms with Crippen LogP contribution in [0.2, 0.25) is 0 Å². The molecule has 2 N–H and O–H groups in total. The molecule has 3 unspecified atom stereocenters. The van der Waals surface area contributed by atoms with Crippen LogP contribution in [0.3, 0.4) is 0 Å². The summed E-state index contributed by atoms with van der Waals surface area (Å²) < 4.78 is 0. The fourth-order valence-electron chi connectivity index (χ4n) is 2.20. The lowest BCUT2D eigenvalue weighted by atomic mass is 10.00. The lowest BCUT2D eigenvalue weighted by Gasteiger charge is -2.06. The Labute approximate surface area is 96.8 Å². The predicted octanol–water partition coefficient (Wildman–Crippen LogP) is 2.34. The van der Waals surface area contributed by atoms with E-state index in [1.807, 2.05) is 25.1 Å². The van der Waals surface area contributed by atoms with Gasteiger partial charge in [0.2, 0.25) is 0 Å². The Balaban J connectivity index is 1.89. The van der Waals surface area contributed by atoms with E-state index in [2.05, 4.69) is 12.1 Å². The molecule has 2 rings (SSSR count). The zero-order valence-electron chi connectivity index (χ0n) is 9.73. The van der Waals surface area contributed by atoms with Crippen LogP contribution in [0.15, 0.2) is 30.3 Å². The maximum absolute atomic E-state index is 11.9. The number of hydrogen-bond donors (Lipinski definition) is 1. The Morgan fingerprint density at radius 2 is 2.12 bits per heavy atom. The van der Waals surface area contributed by atoms with Gasteiger partial charge in [0.05, 0.1) is 0 Å². The number of carbonyl (C=O) groups excluding carboxylic acids is 1. The average Bonchev–Trinajstić information content (AvgIpc) is 3.10. The summed E-state index contributed by atoms with van der Waals surface area (Å²) in [5.41, 5.74) is 6.84. The third kappa shape index (κ3) is 2.50. The minimum atomic E-state index is 0.261. The molecule has 1 aromatic carbocycles. The molecule has 0 bridgehead atoms. The zero-order valence-corrected chi connectivity index (χ0v) is 9.73. The SMILES string of the molecule is CC(CN)CC(=O)C1CC1c1ccccc1. The molecule has 0 heterocycles. The Kier molecular flexibility index (Phi) is 3.39. The van der Waals surface area contributed by atoms with Crippen molar-refractivity contribution in [3.63, 3.8) is 0 Å². The van der Waals surface area contributed by atoms with Crippen molar-refractivity contribution in [3.05, 3.63) is 35.9 Å². The van der Waals surface area contributed by atoms with Gasteiger partial charge in [0.25, 0.3) is 0 Å². The summed E-state index contributed by atoms with van der Waals surface area (Å²) in [5, 5.41) is 0.